The van der Waals surface area contributed by atoms with Gasteiger partial charge in [-0.15, -0.1) is 0 Å². The highest BCUT2D eigenvalue weighted by atomic mass is 32.2. The van der Waals surface area contributed by atoms with Gasteiger partial charge in [-0.25, -0.2) is 8.42 Å². The third kappa shape index (κ3) is 3.19. The van der Waals surface area contributed by atoms with Crippen LogP contribution in [0.3, 0.4) is 0 Å². The summed E-state index contributed by atoms with van der Waals surface area (Å²) in [7, 11) is -2.96. The summed E-state index contributed by atoms with van der Waals surface area (Å²) < 4.78 is 22.9. The Morgan fingerprint density at radius 2 is 1.94 bits per heavy atom. The van der Waals surface area contributed by atoms with Crippen molar-refractivity contribution in [2.45, 2.75) is 44.2 Å². The van der Waals surface area contributed by atoms with Gasteiger partial charge in [0, 0.05) is 12.1 Å². The van der Waals surface area contributed by atoms with E-state index in [1.807, 2.05) is 0 Å². The second-order valence-corrected chi connectivity index (χ2v) is 7.39. The maximum absolute atomic E-state index is 11.9. The summed E-state index contributed by atoms with van der Waals surface area (Å²) in [5.41, 5.74) is 5.86. The monoisotopic (exact) mass is 260 g/mol. The molecule has 0 aromatic rings. The fraction of sp³-hybridized carbons (Fsp3) is 0.909. The Balaban J connectivity index is 1.90. The highest BCUT2D eigenvalue weighted by molar-refractivity contribution is 7.91. The minimum absolute atomic E-state index is 0.0582. The van der Waals surface area contributed by atoms with Crippen LogP contribution in [0.4, 0.5) is 0 Å². The summed E-state index contributed by atoms with van der Waals surface area (Å²) in [6.07, 6.45) is 4.10. The normalized spacial score (nSPS) is 36.6. The lowest BCUT2D eigenvalue weighted by Crippen LogP contribution is -2.47. The number of nitrogens with two attached hydrogens (primary N) is 1. The van der Waals surface area contributed by atoms with Crippen molar-refractivity contribution in [2.24, 2.45) is 11.7 Å². The molecule has 2 aliphatic rings. The molecule has 2 rings (SSSR count). The summed E-state index contributed by atoms with van der Waals surface area (Å²) >= 11 is 0. The number of sulfone groups is 1. The van der Waals surface area contributed by atoms with Crippen LogP contribution >= 0.6 is 0 Å². The number of hydrogen-bond acceptors (Lipinski definition) is 4. The van der Waals surface area contributed by atoms with E-state index in [1.54, 1.807) is 0 Å². The van der Waals surface area contributed by atoms with Crippen LogP contribution in [0, 0.1) is 5.92 Å². The van der Waals surface area contributed by atoms with Crippen LogP contribution in [0.2, 0.25) is 0 Å². The van der Waals surface area contributed by atoms with E-state index in [0.717, 1.165) is 25.7 Å². The zero-order valence-corrected chi connectivity index (χ0v) is 10.7. The van der Waals surface area contributed by atoms with Crippen molar-refractivity contribution in [1.29, 1.82) is 0 Å². The molecule has 0 aromatic carbocycles. The SMILES string of the molecule is NC1CCCC1C(=O)NC1CCCS(=O)(=O)C1. The minimum atomic E-state index is -2.96. The molecule has 0 spiro atoms. The van der Waals surface area contributed by atoms with Gasteiger partial charge in [-0.05, 0) is 25.7 Å². The lowest BCUT2D eigenvalue weighted by Gasteiger charge is -2.25. The Hall–Kier alpha value is -0.620. The molecule has 3 unspecified atom stereocenters. The standard InChI is InChI=1S/C11H20N2O3S/c12-10-5-1-4-9(10)11(14)13-8-3-2-6-17(15,16)7-8/h8-10H,1-7,12H2,(H,13,14). The molecule has 1 saturated carbocycles. The van der Waals surface area contributed by atoms with Crippen molar-refractivity contribution in [1.82, 2.24) is 5.32 Å². The molecule has 1 heterocycles. The Morgan fingerprint density at radius 3 is 2.53 bits per heavy atom. The smallest absolute Gasteiger partial charge is 0.224 e. The largest absolute Gasteiger partial charge is 0.352 e. The fourth-order valence-corrected chi connectivity index (χ4v) is 4.40. The molecule has 98 valence electrons. The first-order chi connectivity index (χ1) is 7.98. The van der Waals surface area contributed by atoms with Crippen LogP contribution in [0.25, 0.3) is 0 Å². The van der Waals surface area contributed by atoms with Gasteiger partial charge in [0.1, 0.15) is 0 Å². The molecular weight excluding hydrogens is 240 g/mol. The Morgan fingerprint density at radius 1 is 1.18 bits per heavy atom. The van der Waals surface area contributed by atoms with Crippen molar-refractivity contribution in [3.8, 4) is 0 Å². The van der Waals surface area contributed by atoms with Crippen LogP contribution in [-0.4, -0.2) is 37.9 Å². The third-order valence-corrected chi connectivity index (χ3v) is 5.54. The van der Waals surface area contributed by atoms with Crippen molar-refractivity contribution < 1.29 is 13.2 Å². The summed E-state index contributed by atoms with van der Waals surface area (Å²) in [5.74, 6) is 0.153. The summed E-state index contributed by atoms with van der Waals surface area (Å²) in [6.45, 7) is 0. The van der Waals surface area contributed by atoms with E-state index in [-0.39, 0.29) is 35.4 Å². The molecule has 2 fully saturated rings. The van der Waals surface area contributed by atoms with Gasteiger partial charge in [0.25, 0.3) is 0 Å². The van der Waals surface area contributed by atoms with E-state index in [2.05, 4.69) is 5.32 Å². The van der Waals surface area contributed by atoms with Gasteiger partial charge < -0.3 is 11.1 Å². The molecule has 6 heteroatoms. The van der Waals surface area contributed by atoms with Gasteiger partial charge in [0.2, 0.25) is 5.91 Å². The van der Waals surface area contributed by atoms with Gasteiger partial charge in [-0.1, -0.05) is 6.42 Å². The molecule has 1 aliphatic heterocycles. The number of rotatable bonds is 2. The van der Waals surface area contributed by atoms with Gasteiger partial charge >= 0.3 is 0 Å². The number of nitrogens with one attached hydrogen (secondary N) is 1. The highest BCUT2D eigenvalue weighted by Gasteiger charge is 2.33. The van der Waals surface area contributed by atoms with Gasteiger partial charge in [-0.2, -0.15) is 0 Å². The Kier molecular flexibility index (Phi) is 3.73. The van der Waals surface area contributed by atoms with Crippen molar-refractivity contribution in [2.75, 3.05) is 11.5 Å². The molecule has 17 heavy (non-hydrogen) atoms. The average molecular weight is 260 g/mol. The first kappa shape index (κ1) is 12.8. The minimum Gasteiger partial charge on any atom is -0.352 e. The molecule has 5 nitrogen and oxygen atoms in total. The van der Waals surface area contributed by atoms with Crippen LogP contribution in [0.1, 0.15) is 32.1 Å². The van der Waals surface area contributed by atoms with Crippen LogP contribution in [0.15, 0.2) is 0 Å². The van der Waals surface area contributed by atoms with Gasteiger partial charge in [0.15, 0.2) is 9.84 Å². The summed E-state index contributed by atoms with van der Waals surface area (Å²) in [4.78, 5) is 11.9. The van der Waals surface area contributed by atoms with Gasteiger partial charge in [0.05, 0.1) is 17.4 Å². The second-order valence-electron chi connectivity index (χ2n) is 5.16. The summed E-state index contributed by atoms with van der Waals surface area (Å²) in [5, 5.41) is 2.85. The molecule has 3 N–H and O–H groups in total. The maximum atomic E-state index is 11.9. The number of carbonyl (C=O) groups excluding carboxylic acids is 1. The molecule has 0 aromatic heterocycles. The second kappa shape index (κ2) is 4.94. The lowest BCUT2D eigenvalue weighted by atomic mass is 10.0. The predicted molar refractivity (Wildman–Crippen MR) is 65.1 cm³/mol. The number of amides is 1. The number of hydrogen-bond donors (Lipinski definition) is 2. The van der Waals surface area contributed by atoms with Crippen molar-refractivity contribution >= 4 is 15.7 Å². The highest BCUT2D eigenvalue weighted by Crippen LogP contribution is 2.24. The lowest BCUT2D eigenvalue weighted by molar-refractivity contribution is -0.125. The van der Waals surface area contributed by atoms with Crippen molar-refractivity contribution in [3.05, 3.63) is 0 Å². The molecule has 3 atom stereocenters. The van der Waals surface area contributed by atoms with E-state index in [9.17, 15) is 13.2 Å². The van der Waals surface area contributed by atoms with Crippen LogP contribution in [-0.2, 0) is 14.6 Å². The van der Waals surface area contributed by atoms with E-state index in [0.29, 0.717) is 6.42 Å². The van der Waals surface area contributed by atoms with E-state index < -0.39 is 9.84 Å². The molecule has 0 bridgehead atoms. The first-order valence-electron chi connectivity index (χ1n) is 6.24. The number of carbonyl (C=O) groups is 1. The maximum Gasteiger partial charge on any atom is 0.224 e. The van der Waals surface area contributed by atoms with E-state index >= 15 is 0 Å². The van der Waals surface area contributed by atoms with E-state index in [4.69, 9.17) is 5.73 Å². The topological polar surface area (TPSA) is 89.3 Å². The molecule has 0 radical (unpaired) electrons. The Bertz CT molecular complexity index is 394. The first-order valence-corrected chi connectivity index (χ1v) is 8.06. The zero-order chi connectivity index (χ0) is 12.5. The quantitative estimate of drug-likeness (QED) is 0.720. The third-order valence-electron chi connectivity index (χ3n) is 3.72. The molecular formula is C11H20N2O3S. The average Bonchev–Trinajstić information content (AvgIpc) is 2.62. The summed E-state index contributed by atoms with van der Waals surface area (Å²) in [6, 6.07) is -0.274. The Labute approximate surface area is 102 Å². The predicted octanol–water partition coefficient (Wildman–Crippen LogP) is -0.193. The molecule has 1 saturated heterocycles. The van der Waals surface area contributed by atoms with E-state index in [1.165, 1.54) is 0 Å². The zero-order valence-electron chi connectivity index (χ0n) is 9.89. The fourth-order valence-electron chi connectivity index (χ4n) is 2.76. The van der Waals surface area contributed by atoms with Gasteiger partial charge in [-0.3, -0.25) is 4.79 Å². The van der Waals surface area contributed by atoms with Crippen LogP contribution < -0.4 is 11.1 Å². The molecule has 1 aliphatic carbocycles. The van der Waals surface area contributed by atoms with Crippen molar-refractivity contribution in [3.63, 3.8) is 0 Å². The van der Waals surface area contributed by atoms with Crippen LogP contribution in [0.5, 0.6) is 0 Å². The molecule has 1 amide bonds.